The smallest absolute Gasteiger partial charge is 0.198 e. The van der Waals surface area contributed by atoms with Crippen molar-refractivity contribution in [2.45, 2.75) is 39.4 Å². The number of halogens is 1. The first-order valence-corrected chi connectivity index (χ1v) is 7.22. The molecule has 0 aliphatic carbocycles. The Balaban J connectivity index is 2.48. The van der Waals surface area contributed by atoms with E-state index in [1.54, 1.807) is 0 Å². The Morgan fingerprint density at radius 2 is 1.95 bits per heavy atom. The summed E-state index contributed by atoms with van der Waals surface area (Å²) in [5.41, 5.74) is 1.91. The minimum atomic E-state index is -0.698. The third kappa shape index (κ3) is 2.88. The van der Waals surface area contributed by atoms with E-state index in [9.17, 15) is 0 Å². The van der Waals surface area contributed by atoms with Crippen LogP contribution in [-0.4, -0.2) is 19.8 Å². The number of aryl methyl sites for hydroxylation is 1. The molecule has 0 radical (unpaired) electrons. The maximum atomic E-state index is 6.26. The van der Waals surface area contributed by atoms with E-state index >= 15 is 0 Å². The Morgan fingerprint density at radius 3 is 2.53 bits per heavy atom. The van der Waals surface area contributed by atoms with Crippen LogP contribution in [0.25, 0.3) is 0 Å². The molecule has 1 aromatic carbocycles. The molecule has 0 aromatic heterocycles. The fourth-order valence-corrected chi connectivity index (χ4v) is 2.61. The van der Waals surface area contributed by atoms with E-state index in [2.05, 4.69) is 6.92 Å². The number of benzene rings is 1. The predicted molar refractivity (Wildman–Crippen MR) is 75.8 cm³/mol. The normalized spacial score (nSPS) is 17.7. The van der Waals surface area contributed by atoms with Gasteiger partial charge in [0.1, 0.15) is 5.75 Å². The zero-order chi connectivity index (χ0) is 13.9. The highest BCUT2D eigenvalue weighted by molar-refractivity contribution is 6.31. The summed E-state index contributed by atoms with van der Waals surface area (Å²) in [6.07, 6.45) is 1.77. The molecule has 1 aliphatic heterocycles. The number of hydrogen-bond acceptors (Lipinski definition) is 3. The van der Waals surface area contributed by atoms with Gasteiger partial charge in [0, 0.05) is 11.4 Å². The summed E-state index contributed by atoms with van der Waals surface area (Å²) in [6, 6.07) is 3.88. The summed E-state index contributed by atoms with van der Waals surface area (Å²) in [5, 5.41) is 0.716. The monoisotopic (exact) mass is 284 g/mol. The molecule has 0 atom stereocenters. The van der Waals surface area contributed by atoms with E-state index < -0.39 is 5.79 Å². The van der Waals surface area contributed by atoms with Crippen molar-refractivity contribution in [2.75, 3.05) is 19.8 Å². The summed E-state index contributed by atoms with van der Waals surface area (Å²) in [6.45, 7) is 7.88. The first-order valence-electron chi connectivity index (χ1n) is 6.84. The molecule has 0 N–H and O–H groups in total. The van der Waals surface area contributed by atoms with E-state index in [-0.39, 0.29) is 0 Å². The van der Waals surface area contributed by atoms with Crippen LogP contribution < -0.4 is 4.74 Å². The Morgan fingerprint density at radius 1 is 1.26 bits per heavy atom. The Bertz CT molecular complexity index is 439. The molecule has 1 aliphatic rings. The zero-order valence-electron chi connectivity index (χ0n) is 11.8. The van der Waals surface area contributed by atoms with Crippen LogP contribution in [0.2, 0.25) is 5.02 Å². The Hall–Kier alpha value is -0.770. The van der Waals surface area contributed by atoms with Gasteiger partial charge in [-0.05, 0) is 31.5 Å². The van der Waals surface area contributed by atoms with Gasteiger partial charge in [0.2, 0.25) is 0 Å². The van der Waals surface area contributed by atoms with Crippen molar-refractivity contribution in [3.05, 3.63) is 28.3 Å². The van der Waals surface area contributed by atoms with Gasteiger partial charge < -0.3 is 14.2 Å². The molecule has 0 spiro atoms. The van der Waals surface area contributed by atoms with Crippen molar-refractivity contribution in [3.8, 4) is 5.75 Å². The van der Waals surface area contributed by atoms with Gasteiger partial charge in [0.05, 0.1) is 25.4 Å². The molecule has 0 unspecified atom stereocenters. The molecule has 3 nitrogen and oxygen atoms in total. The lowest BCUT2D eigenvalue weighted by Gasteiger charge is -2.29. The summed E-state index contributed by atoms with van der Waals surface area (Å²) < 4.78 is 17.5. The summed E-state index contributed by atoms with van der Waals surface area (Å²) >= 11 is 6.26. The molecule has 4 heteroatoms. The second-order valence-electron chi connectivity index (χ2n) is 4.73. The van der Waals surface area contributed by atoms with E-state index in [0.717, 1.165) is 29.7 Å². The maximum Gasteiger partial charge on any atom is 0.198 e. The van der Waals surface area contributed by atoms with Gasteiger partial charge in [-0.15, -0.1) is 0 Å². The van der Waals surface area contributed by atoms with Crippen molar-refractivity contribution in [1.82, 2.24) is 0 Å². The lowest BCUT2D eigenvalue weighted by atomic mass is 9.98. The van der Waals surface area contributed by atoms with Gasteiger partial charge in [-0.2, -0.15) is 0 Å². The third-order valence-electron chi connectivity index (χ3n) is 3.30. The highest BCUT2D eigenvalue weighted by Crippen LogP contribution is 2.42. The molecule has 19 heavy (non-hydrogen) atoms. The van der Waals surface area contributed by atoms with Gasteiger partial charge in [-0.25, -0.2) is 0 Å². The molecule has 0 saturated carbocycles. The minimum absolute atomic E-state index is 0.607. The van der Waals surface area contributed by atoms with Crippen LogP contribution in [0.3, 0.4) is 0 Å². The molecule has 1 saturated heterocycles. The molecular formula is C15H21ClO3. The van der Waals surface area contributed by atoms with Crippen molar-refractivity contribution in [3.63, 3.8) is 0 Å². The quantitative estimate of drug-likeness (QED) is 0.816. The van der Waals surface area contributed by atoms with E-state index in [1.165, 1.54) is 0 Å². The summed E-state index contributed by atoms with van der Waals surface area (Å²) in [4.78, 5) is 0. The molecule has 1 heterocycles. The summed E-state index contributed by atoms with van der Waals surface area (Å²) in [5.74, 6) is 0.108. The molecule has 106 valence electrons. The van der Waals surface area contributed by atoms with E-state index in [4.69, 9.17) is 25.8 Å². The fourth-order valence-electron chi connectivity index (χ4n) is 2.45. The number of ether oxygens (including phenoxy) is 3. The first-order chi connectivity index (χ1) is 9.13. The second kappa shape index (κ2) is 6.12. The molecule has 0 bridgehead atoms. The zero-order valence-corrected chi connectivity index (χ0v) is 12.5. The van der Waals surface area contributed by atoms with Crippen molar-refractivity contribution < 1.29 is 14.2 Å². The predicted octanol–water partition coefficient (Wildman–Crippen LogP) is 4.05. The fraction of sp³-hybridized carbons (Fsp3) is 0.600. The van der Waals surface area contributed by atoms with Gasteiger partial charge >= 0.3 is 0 Å². The van der Waals surface area contributed by atoms with Crippen LogP contribution in [0.15, 0.2) is 12.1 Å². The van der Waals surface area contributed by atoms with Gasteiger partial charge in [-0.3, -0.25) is 0 Å². The van der Waals surface area contributed by atoms with Crippen molar-refractivity contribution in [1.29, 1.82) is 0 Å². The van der Waals surface area contributed by atoms with Crippen molar-refractivity contribution >= 4 is 11.6 Å². The molecular weight excluding hydrogens is 264 g/mol. The number of rotatable bonds is 5. The molecule has 1 fully saturated rings. The van der Waals surface area contributed by atoms with Crippen LogP contribution in [0.4, 0.5) is 0 Å². The third-order valence-corrected chi connectivity index (χ3v) is 3.71. The van der Waals surface area contributed by atoms with E-state index in [0.29, 0.717) is 24.8 Å². The lowest BCUT2D eigenvalue weighted by Crippen LogP contribution is -2.28. The van der Waals surface area contributed by atoms with Gasteiger partial charge in [-0.1, -0.05) is 24.9 Å². The molecule has 0 amide bonds. The second-order valence-corrected chi connectivity index (χ2v) is 5.14. The summed E-state index contributed by atoms with van der Waals surface area (Å²) in [7, 11) is 0. The number of hydrogen-bond donors (Lipinski definition) is 0. The highest BCUT2D eigenvalue weighted by Gasteiger charge is 2.40. The van der Waals surface area contributed by atoms with Gasteiger partial charge in [0.15, 0.2) is 5.79 Å². The van der Waals surface area contributed by atoms with Crippen LogP contribution in [0.5, 0.6) is 5.75 Å². The van der Waals surface area contributed by atoms with Gasteiger partial charge in [0.25, 0.3) is 0 Å². The van der Waals surface area contributed by atoms with Crippen LogP contribution >= 0.6 is 11.6 Å². The minimum Gasteiger partial charge on any atom is -0.493 e. The topological polar surface area (TPSA) is 27.7 Å². The SMILES string of the molecule is CCCC1(c2cc(Cl)c(C)cc2OCC)OCCO1. The van der Waals surface area contributed by atoms with Crippen LogP contribution in [0.1, 0.15) is 37.8 Å². The van der Waals surface area contributed by atoms with Crippen LogP contribution in [-0.2, 0) is 15.3 Å². The van der Waals surface area contributed by atoms with Crippen LogP contribution in [0, 0.1) is 6.92 Å². The highest BCUT2D eigenvalue weighted by atomic mass is 35.5. The van der Waals surface area contributed by atoms with Crippen molar-refractivity contribution in [2.24, 2.45) is 0 Å². The Labute approximate surface area is 119 Å². The standard InChI is InChI=1S/C15H21ClO3/c1-4-6-15(18-7-8-19-15)12-10-13(16)11(3)9-14(12)17-5-2/h9-10H,4-8H2,1-3H3. The molecule has 1 aromatic rings. The molecule has 2 rings (SSSR count). The van der Waals surface area contributed by atoms with E-state index in [1.807, 2.05) is 26.0 Å². The maximum absolute atomic E-state index is 6.26. The largest absolute Gasteiger partial charge is 0.493 e. The Kier molecular flexibility index (Phi) is 4.71. The average Bonchev–Trinajstić information content (AvgIpc) is 2.84. The average molecular weight is 285 g/mol. The first kappa shape index (κ1) is 14.6. The lowest BCUT2D eigenvalue weighted by molar-refractivity contribution is -0.172.